The van der Waals surface area contributed by atoms with Crippen molar-refractivity contribution in [3.05, 3.63) is 47.5 Å². The first kappa shape index (κ1) is 23.1. The Morgan fingerprint density at radius 3 is 1.53 bits per heavy atom. The molecule has 0 fully saturated rings. The molecule has 0 atom stereocenters. The van der Waals surface area contributed by atoms with E-state index in [-0.39, 0.29) is 24.3 Å². The van der Waals surface area contributed by atoms with E-state index in [0.29, 0.717) is 0 Å². The second-order valence-electron chi connectivity index (χ2n) is 6.36. The number of nitrogens with zero attached hydrogens (tertiary/aromatic N) is 4. The van der Waals surface area contributed by atoms with Crippen molar-refractivity contribution in [1.29, 1.82) is 0 Å². The minimum absolute atomic E-state index is 0. The standard InChI is InChI=1S/C20H24N8S.ClH/c1-11(25-27-19(21)23-3)13-5-7-17-15(9-13)16-10-14(6-8-18(16)29-17)12(2)26-28-20(22)24-4;/h5-10H,1-4H3,(H3,21,23,27)(H3,22,24,28);1H/b25-11+,26-12+;. The maximum atomic E-state index is 5.65. The van der Waals surface area contributed by atoms with Gasteiger partial charge >= 0.3 is 0 Å². The molecule has 0 bridgehead atoms. The molecule has 0 spiro atoms. The highest BCUT2D eigenvalue weighted by molar-refractivity contribution is 7.25. The van der Waals surface area contributed by atoms with Crippen molar-refractivity contribution in [2.24, 2.45) is 31.7 Å². The predicted molar refractivity (Wildman–Crippen MR) is 132 cm³/mol. The molecule has 0 saturated carbocycles. The highest BCUT2D eigenvalue weighted by Crippen LogP contribution is 2.35. The van der Waals surface area contributed by atoms with Crippen molar-refractivity contribution in [2.45, 2.75) is 13.8 Å². The third-order valence-corrected chi connectivity index (χ3v) is 5.61. The van der Waals surface area contributed by atoms with Gasteiger partial charge in [0, 0.05) is 34.3 Å². The van der Waals surface area contributed by atoms with Crippen molar-refractivity contribution in [3.8, 4) is 0 Å². The lowest BCUT2D eigenvalue weighted by Gasteiger charge is -2.04. The van der Waals surface area contributed by atoms with Crippen LogP contribution in [-0.2, 0) is 0 Å². The molecule has 0 aliphatic carbocycles. The van der Waals surface area contributed by atoms with Crippen LogP contribution in [0, 0.1) is 0 Å². The zero-order valence-electron chi connectivity index (χ0n) is 17.2. The molecule has 6 N–H and O–H groups in total. The van der Waals surface area contributed by atoms with Crippen molar-refractivity contribution in [1.82, 2.24) is 10.9 Å². The summed E-state index contributed by atoms with van der Waals surface area (Å²) in [6.45, 7) is 3.86. The van der Waals surface area contributed by atoms with E-state index in [2.05, 4.69) is 67.4 Å². The van der Waals surface area contributed by atoms with Gasteiger partial charge in [-0.2, -0.15) is 10.2 Å². The Morgan fingerprint density at radius 1 is 0.767 bits per heavy atom. The van der Waals surface area contributed by atoms with Gasteiger partial charge in [-0.25, -0.2) is 10.9 Å². The van der Waals surface area contributed by atoms with E-state index in [1.54, 1.807) is 25.4 Å². The highest BCUT2D eigenvalue weighted by atomic mass is 35.5. The summed E-state index contributed by atoms with van der Waals surface area (Å²) in [5.41, 5.74) is 20.4. The van der Waals surface area contributed by atoms with E-state index >= 15 is 0 Å². The molecule has 0 saturated heterocycles. The van der Waals surface area contributed by atoms with E-state index in [1.807, 2.05) is 13.8 Å². The third-order valence-electron chi connectivity index (χ3n) is 4.46. The number of fused-ring (bicyclic) bond motifs is 3. The number of halogens is 1. The summed E-state index contributed by atoms with van der Waals surface area (Å²) in [5, 5.41) is 10.9. The van der Waals surface area contributed by atoms with Crippen LogP contribution in [0.3, 0.4) is 0 Å². The van der Waals surface area contributed by atoms with Gasteiger partial charge in [0.25, 0.3) is 0 Å². The summed E-state index contributed by atoms with van der Waals surface area (Å²) in [7, 11) is 3.22. The molecule has 0 amide bonds. The van der Waals surface area contributed by atoms with Gasteiger partial charge in [0.2, 0.25) is 11.9 Å². The Labute approximate surface area is 185 Å². The number of nitrogens with two attached hydrogens (primary N) is 2. The zero-order valence-corrected chi connectivity index (χ0v) is 18.9. The molecule has 1 heterocycles. The Kier molecular flexibility index (Phi) is 7.73. The molecule has 3 rings (SSSR count). The van der Waals surface area contributed by atoms with Gasteiger partial charge in [-0.15, -0.1) is 23.7 Å². The number of guanidine groups is 2. The average molecular weight is 445 g/mol. The quantitative estimate of drug-likeness (QED) is 0.280. The zero-order chi connectivity index (χ0) is 21.0. The topological polar surface area (TPSA) is 126 Å². The number of hydrazone groups is 2. The number of hydrogen-bond acceptors (Lipinski definition) is 5. The SMILES string of the molecule is CN=C(N)N/N=C(\C)c1ccc2sc3ccc(/C(C)=N/NC(N)=NC)cc3c2c1.Cl. The molecule has 3 aromatic rings. The van der Waals surface area contributed by atoms with Gasteiger partial charge < -0.3 is 11.5 Å². The fourth-order valence-electron chi connectivity index (χ4n) is 2.74. The number of benzene rings is 2. The average Bonchev–Trinajstić information content (AvgIpc) is 3.12. The molecule has 30 heavy (non-hydrogen) atoms. The van der Waals surface area contributed by atoms with Crippen LogP contribution in [0.15, 0.2) is 56.6 Å². The van der Waals surface area contributed by atoms with Gasteiger partial charge in [0.05, 0.1) is 11.4 Å². The lowest BCUT2D eigenvalue weighted by atomic mass is 10.0. The third kappa shape index (κ3) is 5.05. The van der Waals surface area contributed by atoms with Gasteiger partial charge in [-0.3, -0.25) is 9.98 Å². The van der Waals surface area contributed by atoms with E-state index in [1.165, 1.54) is 20.2 Å². The predicted octanol–water partition coefficient (Wildman–Crippen LogP) is 2.99. The number of hydrogen-bond donors (Lipinski definition) is 4. The van der Waals surface area contributed by atoms with Crippen LogP contribution < -0.4 is 22.3 Å². The number of rotatable bonds is 4. The number of thiophene rings is 1. The Balaban J connectivity index is 0.00000320. The van der Waals surface area contributed by atoms with Crippen molar-refractivity contribution >= 4 is 67.3 Å². The maximum Gasteiger partial charge on any atom is 0.209 e. The molecule has 2 aromatic carbocycles. The van der Waals surface area contributed by atoms with Crippen LogP contribution in [0.1, 0.15) is 25.0 Å². The minimum atomic E-state index is 0. The summed E-state index contributed by atoms with van der Waals surface area (Å²) in [6.07, 6.45) is 0. The molecule has 0 aliphatic rings. The summed E-state index contributed by atoms with van der Waals surface area (Å²) < 4.78 is 2.43. The summed E-state index contributed by atoms with van der Waals surface area (Å²) in [6, 6.07) is 12.6. The van der Waals surface area contributed by atoms with E-state index in [0.717, 1.165) is 22.6 Å². The second kappa shape index (κ2) is 10.0. The van der Waals surface area contributed by atoms with Crippen LogP contribution in [0.25, 0.3) is 20.2 Å². The van der Waals surface area contributed by atoms with Gasteiger partial charge in [-0.1, -0.05) is 12.1 Å². The summed E-state index contributed by atoms with van der Waals surface area (Å²) in [4.78, 5) is 7.68. The van der Waals surface area contributed by atoms with E-state index < -0.39 is 0 Å². The monoisotopic (exact) mass is 444 g/mol. The first-order chi connectivity index (χ1) is 13.9. The van der Waals surface area contributed by atoms with Gasteiger partial charge in [0.15, 0.2) is 0 Å². The van der Waals surface area contributed by atoms with Crippen molar-refractivity contribution in [2.75, 3.05) is 14.1 Å². The molecule has 158 valence electrons. The Hall–Kier alpha value is -3.17. The fraction of sp³-hybridized carbons (Fsp3) is 0.200. The first-order valence-corrected chi connectivity index (χ1v) is 9.76. The lowest BCUT2D eigenvalue weighted by Crippen LogP contribution is -2.27. The Morgan fingerprint density at radius 2 is 1.17 bits per heavy atom. The van der Waals surface area contributed by atoms with Crippen LogP contribution in [0.4, 0.5) is 0 Å². The molecular weight excluding hydrogens is 420 g/mol. The minimum Gasteiger partial charge on any atom is -0.369 e. The molecular formula is C20H25ClN8S. The van der Waals surface area contributed by atoms with Gasteiger partial charge in [-0.05, 0) is 49.2 Å². The lowest BCUT2D eigenvalue weighted by molar-refractivity contribution is 0.997. The van der Waals surface area contributed by atoms with Crippen molar-refractivity contribution in [3.63, 3.8) is 0 Å². The second-order valence-corrected chi connectivity index (χ2v) is 7.44. The Bertz CT molecular complexity index is 1090. The first-order valence-electron chi connectivity index (χ1n) is 8.95. The van der Waals surface area contributed by atoms with Crippen LogP contribution in [-0.4, -0.2) is 37.4 Å². The van der Waals surface area contributed by atoms with E-state index in [9.17, 15) is 0 Å². The molecule has 0 radical (unpaired) electrons. The fourth-order valence-corrected chi connectivity index (χ4v) is 3.81. The van der Waals surface area contributed by atoms with E-state index in [4.69, 9.17) is 11.5 Å². The summed E-state index contributed by atoms with van der Waals surface area (Å²) >= 11 is 1.76. The van der Waals surface area contributed by atoms with Gasteiger partial charge in [0.1, 0.15) is 0 Å². The van der Waals surface area contributed by atoms with Crippen LogP contribution >= 0.6 is 23.7 Å². The molecule has 0 aliphatic heterocycles. The molecule has 0 unspecified atom stereocenters. The molecule has 8 nitrogen and oxygen atoms in total. The van der Waals surface area contributed by atoms with Crippen molar-refractivity contribution < 1.29 is 0 Å². The maximum absolute atomic E-state index is 5.65. The molecule has 10 heteroatoms. The largest absolute Gasteiger partial charge is 0.369 e. The smallest absolute Gasteiger partial charge is 0.209 e. The van der Waals surface area contributed by atoms with Crippen LogP contribution in [0.2, 0.25) is 0 Å². The number of aliphatic imine (C=N–C) groups is 2. The summed E-state index contributed by atoms with van der Waals surface area (Å²) in [5.74, 6) is 0.543. The highest BCUT2D eigenvalue weighted by Gasteiger charge is 2.09. The molecule has 1 aromatic heterocycles. The van der Waals surface area contributed by atoms with Crippen LogP contribution in [0.5, 0.6) is 0 Å². The normalized spacial score (nSPS) is 13.5. The number of nitrogens with one attached hydrogen (secondary N) is 2.